The number of nitrogens with zero attached hydrogens (tertiary/aromatic N) is 2. The first-order chi connectivity index (χ1) is 23.3. The molecule has 0 radical (unpaired) electrons. The molecule has 47 heavy (non-hydrogen) atoms. The Morgan fingerprint density at radius 3 is 1.43 bits per heavy atom. The van der Waals surface area contributed by atoms with Crippen LogP contribution in [0.5, 0.6) is 0 Å². The number of para-hydroxylation sites is 2. The lowest BCUT2D eigenvalue weighted by Crippen LogP contribution is -1.96. The number of benzene rings is 7. The second-order valence-electron chi connectivity index (χ2n) is 11.8. The van der Waals surface area contributed by atoms with Gasteiger partial charge in [-0.15, -0.1) is 11.3 Å². The van der Waals surface area contributed by atoms with Gasteiger partial charge in [-0.1, -0.05) is 121 Å². The smallest absolute Gasteiger partial charge is 0.0973 e. The molecular weight excluding hydrogens is 589 g/mol. The average Bonchev–Trinajstić information content (AvgIpc) is 3.53. The van der Waals surface area contributed by atoms with Gasteiger partial charge in [0.2, 0.25) is 0 Å². The van der Waals surface area contributed by atoms with Crippen LogP contribution in [-0.2, 0) is 0 Å². The Morgan fingerprint density at radius 1 is 0.298 bits per heavy atom. The number of fused-ring (bicyclic) bond motifs is 4. The van der Waals surface area contributed by atoms with E-state index in [1.165, 1.54) is 42.4 Å². The fourth-order valence-corrected chi connectivity index (χ4v) is 7.57. The lowest BCUT2D eigenvalue weighted by molar-refractivity contribution is 1.29. The summed E-state index contributed by atoms with van der Waals surface area (Å²) in [5.41, 5.74) is 12.6. The van der Waals surface area contributed by atoms with Crippen LogP contribution in [0, 0.1) is 0 Å². The van der Waals surface area contributed by atoms with Gasteiger partial charge >= 0.3 is 0 Å². The van der Waals surface area contributed by atoms with Crippen LogP contribution >= 0.6 is 11.3 Å². The summed E-state index contributed by atoms with van der Waals surface area (Å²) >= 11 is 1.85. The largest absolute Gasteiger partial charge is 0.244 e. The molecule has 0 aliphatic carbocycles. The third-order valence-corrected chi connectivity index (χ3v) is 10.0. The molecule has 0 amide bonds. The molecule has 2 nitrogen and oxygen atoms in total. The van der Waals surface area contributed by atoms with Gasteiger partial charge in [0.15, 0.2) is 0 Å². The average molecular weight is 617 g/mol. The molecule has 2 heterocycles. The van der Waals surface area contributed by atoms with Crippen LogP contribution in [-0.4, -0.2) is 9.97 Å². The maximum Gasteiger partial charge on any atom is 0.0973 e. The van der Waals surface area contributed by atoms with Crippen molar-refractivity contribution in [1.29, 1.82) is 0 Å². The normalized spacial score (nSPS) is 11.4. The third kappa shape index (κ3) is 5.07. The van der Waals surface area contributed by atoms with E-state index in [4.69, 9.17) is 9.97 Å². The predicted octanol–water partition coefficient (Wildman–Crippen LogP) is 12.3. The molecule has 3 heteroatoms. The zero-order chi connectivity index (χ0) is 31.2. The molecule has 0 unspecified atom stereocenters. The highest BCUT2D eigenvalue weighted by atomic mass is 32.1. The van der Waals surface area contributed by atoms with Gasteiger partial charge < -0.3 is 0 Å². The van der Waals surface area contributed by atoms with Gasteiger partial charge in [0.25, 0.3) is 0 Å². The first-order valence-corrected chi connectivity index (χ1v) is 16.6. The maximum absolute atomic E-state index is 5.27. The Bertz CT molecular complexity index is 2490. The Labute approximate surface area is 277 Å². The highest BCUT2D eigenvalue weighted by Gasteiger charge is 2.16. The van der Waals surface area contributed by atoms with Gasteiger partial charge in [-0.05, 0) is 81.9 Å². The minimum Gasteiger partial charge on any atom is -0.244 e. The molecule has 0 spiro atoms. The Balaban J connectivity index is 1.20. The van der Waals surface area contributed by atoms with Crippen molar-refractivity contribution in [3.8, 4) is 55.9 Å². The van der Waals surface area contributed by atoms with Crippen molar-refractivity contribution >= 4 is 42.5 Å². The van der Waals surface area contributed by atoms with Gasteiger partial charge in [-0.25, -0.2) is 9.97 Å². The van der Waals surface area contributed by atoms with Gasteiger partial charge in [0.1, 0.15) is 0 Å². The summed E-state index contributed by atoms with van der Waals surface area (Å²) in [5, 5.41) is 2.62. The fourth-order valence-electron chi connectivity index (χ4n) is 6.49. The van der Waals surface area contributed by atoms with Gasteiger partial charge in [0.05, 0.1) is 22.4 Å². The molecule has 220 valence electrons. The summed E-state index contributed by atoms with van der Waals surface area (Å²) < 4.78 is 2.64. The van der Waals surface area contributed by atoms with Crippen LogP contribution < -0.4 is 0 Å². The van der Waals surface area contributed by atoms with E-state index in [2.05, 4.69) is 146 Å². The first-order valence-electron chi connectivity index (χ1n) is 15.8. The van der Waals surface area contributed by atoms with E-state index >= 15 is 0 Å². The van der Waals surface area contributed by atoms with Crippen molar-refractivity contribution in [2.75, 3.05) is 0 Å². The molecule has 0 fully saturated rings. The third-order valence-electron chi connectivity index (χ3n) is 8.86. The summed E-state index contributed by atoms with van der Waals surface area (Å²) in [5.74, 6) is 0. The lowest BCUT2D eigenvalue weighted by atomic mass is 9.93. The van der Waals surface area contributed by atoms with E-state index < -0.39 is 0 Å². The van der Waals surface area contributed by atoms with Crippen molar-refractivity contribution in [3.05, 3.63) is 170 Å². The number of thiophene rings is 1. The van der Waals surface area contributed by atoms with Gasteiger partial charge in [-0.2, -0.15) is 0 Å². The number of aromatic nitrogens is 2. The molecule has 0 bridgehead atoms. The summed E-state index contributed by atoms with van der Waals surface area (Å²) in [4.78, 5) is 10.5. The highest BCUT2D eigenvalue weighted by Crippen LogP contribution is 2.39. The van der Waals surface area contributed by atoms with Crippen molar-refractivity contribution < 1.29 is 0 Å². The molecule has 9 rings (SSSR count). The summed E-state index contributed by atoms with van der Waals surface area (Å²) in [7, 11) is 0. The molecule has 0 saturated heterocycles. The van der Waals surface area contributed by atoms with Gasteiger partial charge in [0, 0.05) is 31.3 Å². The van der Waals surface area contributed by atoms with E-state index in [0.29, 0.717) is 0 Å². The van der Waals surface area contributed by atoms with Crippen molar-refractivity contribution in [2.24, 2.45) is 0 Å². The standard InChI is InChI=1S/C44H28N2S/c1-3-11-29(12-4-1)34-25-35(30-13-5-2-6-14-30)27-36(26-34)44-43(45-39-16-8-9-17-40(39)46-44)32-21-19-31(20-22-32)33-23-24-42-38(28-33)37-15-7-10-18-41(37)47-42/h1-28H. The quantitative estimate of drug-likeness (QED) is 0.192. The number of hydrogen-bond acceptors (Lipinski definition) is 3. The Hall–Kier alpha value is -5.90. The molecule has 2 aromatic heterocycles. The minimum absolute atomic E-state index is 0.873. The van der Waals surface area contributed by atoms with Crippen molar-refractivity contribution in [1.82, 2.24) is 9.97 Å². The van der Waals surface area contributed by atoms with Crippen LogP contribution in [0.15, 0.2) is 170 Å². The van der Waals surface area contributed by atoms with Crippen molar-refractivity contribution in [3.63, 3.8) is 0 Å². The van der Waals surface area contributed by atoms with Crippen molar-refractivity contribution in [2.45, 2.75) is 0 Å². The van der Waals surface area contributed by atoms with E-state index in [1.807, 2.05) is 35.6 Å². The van der Waals surface area contributed by atoms with E-state index in [0.717, 1.165) is 44.7 Å². The molecule has 0 N–H and O–H groups in total. The number of hydrogen-bond donors (Lipinski definition) is 0. The zero-order valence-corrected chi connectivity index (χ0v) is 26.3. The molecule has 9 aromatic rings. The molecule has 0 aliphatic heterocycles. The van der Waals surface area contributed by atoms with Crippen LogP contribution in [0.4, 0.5) is 0 Å². The summed E-state index contributed by atoms with van der Waals surface area (Å²) in [6.45, 7) is 0. The van der Waals surface area contributed by atoms with Crippen LogP contribution in [0.25, 0.3) is 87.1 Å². The van der Waals surface area contributed by atoms with E-state index in [9.17, 15) is 0 Å². The molecular formula is C44H28N2S. The molecule has 7 aromatic carbocycles. The number of rotatable bonds is 5. The minimum atomic E-state index is 0.873. The predicted molar refractivity (Wildman–Crippen MR) is 200 cm³/mol. The fraction of sp³-hybridized carbons (Fsp3) is 0. The van der Waals surface area contributed by atoms with Gasteiger partial charge in [-0.3, -0.25) is 0 Å². The van der Waals surface area contributed by atoms with E-state index in [1.54, 1.807) is 0 Å². The summed E-state index contributed by atoms with van der Waals surface area (Å²) in [6.07, 6.45) is 0. The maximum atomic E-state index is 5.27. The van der Waals surface area contributed by atoms with Crippen LogP contribution in [0.1, 0.15) is 0 Å². The topological polar surface area (TPSA) is 25.8 Å². The molecule has 0 aliphatic rings. The molecule has 0 atom stereocenters. The second-order valence-corrected chi connectivity index (χ2v) is 12.9. The first kappa shape index (κ1) is 27.4. The second kappa shape index (κ2) is 11.5. The Kier molecular flexibility index (Phi) is 6.69. The lowest BCUT2D eigenvalue weighted by Gasteiger charge is -2.15. The summed E-state index contributed by atoms with van der Waals surface area (Å²) in [6, 6.07) is 60.3. The Morgan fingerprint density at radius 2 is 0.766 bits per heavy atom. The molecule has 0 saturated carbocycles. The SMILES string of the molecule is c1ccc(-c2cc(-c3ccccc3)cc(-c3nc4ccccc4nc3-c3ccc(-c4ccc5sc6ccccc6c5c4)cc3)c2)cc1. The monoisotopic (exact) mass is 616 g/mol. The highest BCUT2D eigenvalue weighted by molar-refractivity contribution is 7.25. The van der Waals surface area contributed by atoms with E-state index in [-0.39, 0.29) is 0 Å². The van der Waals surface area contributed by atoms with Crippen LogP contribution in [0.3, 0.4) is 0 Å². The van der Waals surface area contributed by atoms with Crippen LogP contribution in [0.2, 0.25) is 0 Å². The zero-order valence-electron chi connectivity index (χ0n) is 25.5.